The molecule has 1 saturated carbocycles. The topological polar surface area (TPSA) is 52.3 Å². The van der Waals surface area contributed by atoms with Gasteiger partial charge in [-0.1, -0.05) is 0 Å². The number of piperazine rings is 1. The molecular formula is C27H33N7. The van der Waals surface area contributed by atoms with Gasteiger partial charge in [0, 0.05) is 31.4 Å². The third kappa shape index (κ3) is 2.95. The van der Waals surface area contributed by atoms with Crippen LogP contribution < -0.4 is 0 Å². The lowest BCUT2D eigenvalue weighted by Crippen LogP contribution is -2.58. The van der Waals surface area contributed by atoms with E-state index in [0.717, 1.165) is 60.1 Å². The summed E-state index contributed by atoms with van der Waals surface area (Å²) in [6, 6.07) is 2.13. The fourth-order valence-corrected chi connectivity index (χ4v) is 6.61. The van der Waals surface area contributed by atoms with Gasteiger partial charge in [0.25, 0.3) is 0 Å². The Hall–Kier alpha value is -2.93. The standard InChI is InChI=1S/C27H33N7/c1-19-14-22(30-34-16-20(2)28-25(19)34)23-15-27(9-4-10-27)33-17-21(6-7-24(33)29-23)31-12-13-32-11-5-8-26(32,3)18-31/h6-7,14-17H,4-5,8-13,18H2,1-3H3/t26-/m0/s1. The second kappa shape index (κ2) is 7.04. The summed E-state index contributed by atoms with van der Waals surface area (Å²) in [7, 11) is 0. The summed E-state index contributed by atoms with van der Waals surface area (Å²) in [5.41, 5.74) is 6.61. The highest BCUT2D eigenvalue weighted by Gasteiger charge is 2.46. The SMILES string of the molecule is Cc1cn2nc(C3=CC4(CCC4)N4C=C(N5CCN6CCC[C@@]6(C)C5)C=CC4=N3)cc(C)c2n1. The van der Waals surface area contributed by atoms with Gasteiger partial charge in [0.05, 0.1) is 28.8 Å². The van der Waals surface area contributed by atoms with Crippen molar-refractivity contribution in [1.82, 2.24) is 29.3 Å². The zero-order valence-electron chi connectivity index (χ0n) is 20.5. The maximum Gasteiger partial charge on any atom is 0.156 e. The first-order chi connectivity index (χ1) is 16.4. The number of amidine groups is 1. The highest BCUT2D eigenvalue weighted by molar-refractivity contribution is 6.01. The summed E-state index contributed by atoms with van der Waals surface area (Å²) in [4.78, 5) is 17.5. The molecule has 176 valence electrons. The van der Waals surface area contributed by atoms with Crippen LogP contribution in [-0.2, 0) is 0 Å². The summed E-state index contributed by atoms with van der Waals surface area (Å²) in [5.74, 6) is 1.04. The van der Waals surface area contributed by atoms with E-state index in [1.807, 2.05) is 17.6 Å². The van der Waals surface area contributed by atoms with E-state index < -0.39 is 0 Å². The molecule has 1 aliphatic carbocycles. The molecule has 0 radical (unpaired) electrons. The van der Waals surface area contributed by atoms with Crippen molar-refractivity contribution in [2.24, 2.45) is 4.99 Å². The molecule has 2 aromatic rings. The molecule has 2 saturated heterocycles. The zero-order chi connectivity index (χ0) is 23.1. The molecule has 7 rings (SSSR count). The highest BCUT2D eigenvalue weighted by Crippen LogP contribution is 2.45. The minimum Gasteiger partial charge on any atom is -0.367 e. The van der Waals surface area contributed by atoms with E-state index in [4.69, 9.17) is 10.1 Å². The van der Waals surface area contributed by atoms with Crippen LogP contribution >= 0.6 is 0 Å². The molecule has 0 N–H and O–H groups in total. The second-order valence-electron chi connectivity index (χ2n) is 11.1. The average Bonchev–Trinajstić information content (AvgIpc) is 3.38. The number of nitrogens with zero attached hydrogens (tertiary/aromatic N) is 7. The van der Waals surface area contributed by atoms with Crippen molar-refractivity contribution < 1.29 is 0 Å². The molecular weight excluding hydrogens is 422 g/mol. The van der Waals surface area contributed by atoms with Gasteiger partial charge in [-0.05, 0) is 89.3 Å². The summed E-state index contributed by atoms with van der Waals surface area (Å²) in [5, 5.41) is 4.88. The molecule has 5 aliphatic rings. The Labute approximate surface area is 201 Å². The van der Waals surface area contributed by atoms with Crippen molar-refractivity contribution in [2.75, 3.05) is 26.2 Å². The second-order valence-corrected chi connectivity index (χ2v) is 11.1. The lowest BCUT2D eigenvalue weighted by molar-refractivity contribution is 0.0579. The Morgan fingerprint density at radius 2 is 1.88 bits per heavy atom. The molecule has 1 spiro atoms. The Kier molecular flexibility index (Phi) is 4.23. The monoisotopic (exact) mass is 455 g/mol. The van der Waals surface area contributed by atoms with E-state index in [-0.39, 0.29) is 5.54 Å². The number of hydrogen-bond donors (Lipinski definition) is 0. The lowest BCUT2D eigenvalue weighted by atomic mass is 9.73. The van der Waals surface area contributed by atoms with Crippen molar-refractivity contribution in [3.05, 3.63) is 59.3 Å². The van der Waals surface area contributed by atoms with Crippen molar-refractivity contribution in [2.45, 2.75) is 64.0 Å². The van der Waals surface area contributed by atoms with E-state index in [1.165, 1.54) is 38.0 Å². The Bertz CT molecular complexity index is 1310. The molecule has 7 nitrogen and oxygen atoms in total. The lowest BCUT2D eigenvalue weighted by Gasteiger charge is -2.52. The van der Waals surface area contributed by atoms with E-state index in [1.54, 1.807) is 0 Å². The number of aryl methyl sites for hydroxylation is 2. The van der Waals surface area contributed by atoms with Gasteiger partial charge in [-0.15, -0.1) is 0 Å². The average molecular weight is 456 g/mol. The van der Waals surface area contributed by atoms with E-state index >= 15 is 0 Å². The predicted molar refractivity (Wildman–Crippen MR) is 134 cm³/mol. The van der Waals surface area contributed by atoms with Crippen molar-refractivity contribution in [3.63, 3.8) is 0 Å². The fraction of sp³-hybridized carbons (Fsp3) is 0.519. The van der Waals surface area contributed by atoms with E-state index in [0.29, 0.717) is 5.54 Å². The third-order valence-electron chi connectivity index (χ3n) is 8.69. The molecule has 4 aliphatic heterocycles. The maximum atomic E-state index is 5.10. The van der Waals surface area contributed by atoms with Gasteiger partial charge < -0.3 is 9.80 Å². The number of allylic oxidation sites excluding steroid dienone is 1. The van der Waals surface area contributed by atoms with Crippen molar-refractivity contribution in [1.29, 1.82) is 0 Å². The van der Waals surface area contributed by atoms with Crippen LogP contribution in [0, 0.1) is 13.8 Å². The largest absolute Gasteiger partial charge is 0.367 e. The van der Waals surface area contributed by atoms with Gasteiger partial charge in [-0.3, -0.25) is 4.90 Å². The summed E-state index contributed by atoms with van der Waals surface area (Å²) in [6.45, 7) is 11.2. The van der Waals surface area contributed by atoms with Gasteiger partial charge in [-0.2, -0.15) is 5.10 Å². The predicted octanol–water partition coefficient (Wildman–Crippen LogP) is 3.91. The molecule has 0 aromatic carbocycles. The number of imidazole rings is 1. The third-order valence-corrected chi connectivity index (χ3v) is 8.69. The first-order valence-corrected chi connectivity index (χ1v) is 12.8. The van der Waals surface area contributed by atoms with Gasteiger partial charge in [-0.25, -0.2) is 14.5 Å². The Morgan fingerprint density at radius 3 is 2.71 bits per heavy atom. The van der Waals surface area contributed by atoms with Crippen LogP contribution in [0.1, 0.15) is 56.0 Å². The van der Waals surface area contributed by atoms with Gasteiger partial charge in [0.15, 0.2) is 5.65 Å². The van der Waals surface area contributed by atoms with Crippen LogP contribution in [0.3, 0.4) is 0 Å². The molecule has 2 aromatic heterocycles. The van der Waals surface area contributed by atoms with Gasteiger partial charge in [0.1, 0.15) is 11.5 Å². The maximum absolute atomic E-state index is 5.10. The quantitative estimate of drug-likeness (QED) is 0.687. The van der Waals surface area contributed by atoms with Crippen LogP contribution in [0.2, 0.25) is 0 Å². The van der Waals surface area contributed by atoms with Crippen LogP contribution in [0.15, 0.2) is 47.4 Å². The first-order valence-electron chi connectivity index (χ1n) is 12.8. The van der Waals surface area contributed by atoms with E-state index in [9.17, 15) is 0 Å². The molecule has 1 atom stereocenters. The minimum atomic E-state index is 0.0108. The van der Waals surface area contributed by atoms with Crippen LogP contribution in [0.5, 0.6) is 0 Å². The summed E-state index contributed by atoms with van der Waals surface area (Å²) < 4.78 is 1.90. The normalized spacial score (nSPS) is 27.9. The number of rotatable bonds is 2. The highest BCUT2D eigenvalue weighted by atomic mass is 15.3. The summed E-state index contributed by atoms with van der Waals surface area (Å²) >= 11 is 0. The first kappa shape index (κ1) is 20.4. The Balaban J connectivity index is 1.23. The molecule has 34 heavy (non-hydrogen) atoms. The van der Waals surface area contributed by atoms with Crippen molar-refractivity contribution >= 4 is 17.2 Å². The van der Waals surface area contributed by atoms with Crippen LogP contribution in [0.4, 0.5) is 0 Å². The Morgan fingerprint density at radius 1 is 1.00 bits per heavy atom. The molecule has 0 unspecified atom stereocenters. The molecule has 0 bridgehead atoms. The van der Waals surface area contributed by atoms with E-state index in [2.05, 4.69) is 64.0 Å². The molecule has 7 heteroatoms. The fourth-order valence-electron chi connectivity index (χ4n) is 6.61. The number of hydrogen-bond acceptors (Lipinski definition) is 6. The molecule has 0 amide bonds. The van der Waals surface area contributed by atoms with Gasteiger partial charge >= 0.3 is 0 Å². The molecule has 6 heterocycles. The summed E-state index contributed by atoms with van der Waals surface area (Å²) in [6.07, 6.45) is 17.4. The van der Waals surface area contributed by atoms with Crippen molar-refractivity contribution in [3.8, 4) is 0 Å². The number of aromatic nitrogens is 3. The minimum absolute atomic E-state index is 0.0108. The smallest absolute Gasteiger partial charge is 0.156 e. The number of aliphatic imine (C=N–C) groups is 1. The molecule has 3 fully saturated rings. The van der Waals surface area contributed by atoms with Gasteiger partial charge in [0.2, 0.25) is 0 Å². The zero-order valence-corrected chi connectivity index (χ0v) is 20.5. The number of fused-ring (bicyclic) bond motifs is 4. The van der Waals surface area contributed by atoms with Crippen LogP contribution in [-0.4, -0.2) is 72.4 Å². The van der Waals surface area contributed by atoms with Crippen LogP contribution in [0.25, 0.3) is 11.3 Å².